The number of aliphatic hydroxyl groups excluding tert-OH is 1. The molecule has 3 aliphatic rings. The molecule has 0 radical (unpaired) electrons. The topological polar surface area (TPSA) is 72.9 Å². The van der Waals surface area contributed by atoms with Crippen LogP contribution in [0.5, 0.6) is 0 Å². The molecule has 0 aromatic heterocycles. The Morgan fingerprint density at radius 2 is 1.84 bits per heavy atom. The molecule has 31 heavy (non-hydrogen) atoms. The molecule has 6 nitrogen and oxygen atoms in total. The number of hydrogen-bond donors (Lipinski definition) is 2. The molecule has 8 heteroatoms. The minimum absolute atomic E-state index is 0.128. The third-order valence-electron chi connectivity index (χ3n) is 6.41. The highest BCUT2D eigenvalue weighted by atomic mass is 19.2. The van der Waals surface area contributed by atoms with E-state index in [-0.39, 0.29) is 23.8 Å². The van der Waals surface area contributed by atoms with Gasteiger partial charge in [-0.2, -0.15) is 0 Å². The van der Waals surface area contributed by atoms with Gasteiger partial charge in [0, 0.05) is 18.0 Å². The molecular formula is C23H21F2N3O3. The molecule has 2 N–H and O–H groups in total. The number of carbonyl (C=O) groups excluding carboxylic acids is 2. The Bertz CT molecular complexity index is 1090. The Morgan fingerprint density at radius 1 is 1.06 bits per heavy atom. The van der Waals surface area contributed by atoms with Crippen LogP contribution in [0.4, 0.5) is 8.78 Å². The van der Waals surface area contributed by atoms with E-state index < -0.39 is 41.0 Å². The number of hydrazine groups is 1. The molecule has 2 aromatic carbocycles. The highest BCUT2D eigenvalue weighted by molar-refractivity contribution is 6.06. The van der Waals surface area contributed by atoms with Gasteiger partial charge in [-0.1, -0.05) is 42.5 Å². The van der Waals surface area contributed by atoms with Crippen LogP contribution >= 0.6 is 0 Å². The van der Waals surface area contributed by atoms with Gasteiger partial charge in [0.2, 0.25) is 5.78 Å². The van der Waals surface area contributed by atoms with Gasteiger partial charge in [0.15, 0.2) is 23.1 Å². The number of hydrogen-bond acceptors (Lipinski definition) is 5. The molecule has 3 heterocycles. The molecule has 0 saturated carbocycles. The van der Waals surface area contributed by atoms with Crippen molar-refractivity contribution in [1.29, 1.82) is 0 Å². The van der Waals surface area contributed by atoms with Crippen molar-refractivity contribution in [1.82, 2.24) is 15.3 Å². The van der Waals surface area contributed by atoms with E-state index in [0.717, 1.165) is 18.1 Å². The van der Waals surface area contributed by atoms with E-state index in [0.29, 0.717) is 13.0 Å². The smallest absolute Gasteiger partial charge is 0.275 e. The summed E-state index contributed by atoms with van der Waals surface area (Å²) in [5.41, 5.74) is 3.73. The lowest BCUT2D eigenvalue weighted by atomic mass is 9.79. The van der Waals surface area contributed by atoms with Crippen LogP contribution in [-0.2, 0) is 9.59 Å². The first-order chi connectivity index (χ1) is 15.0. The monoisotopic (exact) mass is 425 g/mol. The van der Waals surface area contributed by atoms with Gasteiger partial charge in [-0.05, 0) is 24.5 Å². The second kappa shape index (κ2) is 7.46. The maximum atomic E-state index is 15.1. The number of amides is 1. The Hall–Kier alpha value is -3.26. The summed E-state index contributed by atoms with van der Waals surface area (Å²) in [6.45, 7) is 0.297. The number of rotatable bonds is 3. The SMILES string of the molecule is O=C1CNN2C(=C1O)C(=O)N1CCC[C@@H]1[C@@H]2C(c1ccccc1)c1cccc(F)c1F. The summed E-state index contributed by atoms with van der Waals surface area (Å²) in [7, 11) is 0. The Morgan fingerprint density at radius 3 is 2.61 bits per heavy atom. The number of benzene rings is 2. The van der Waals surface area contributed by atoms with Crippen molar-refractivity contribution in [3.63, 3.8) is 0 Å². The number of fused-ring (bicyclic) bond motifs is 2. The molecule has 3 atom stereocenters. The third kappa shape index (κ3) is 3.01. The number of nitrogens with zero attached hydrogens (tertiary/aromatic N) is 2. The van der Waals surface area contributed by atoms with Gasteiger partial charge in [0.1, 0.15) is 0 Å². The number of piperazine rings is 1. The molecule has 0 aliphatic carbocycles. The molecule has 2 fully saturated rings. The van der Waals surface area contributed by atoms with Crippen molar-refractivity contribution in [3.8, 4) is 0 Å². The fraction of sp³-hybridized carbons (Fsp3) is 0.304. The largest absolute Gasteiger partial charge is 0.503 e. The van der Waals surface area contributed by atoms with Gasteiger partial charge in [0.25, 0.3) is 5.91 Å². The maximum absolute atomic E-state index is 15.1. The van der Waals surface area contributed by atoms with Crippen LogP contribution in [0.2, 0.25) is 0 Å². The summed E-state index contributed by atoms with van der Waals surface area (Å²) in [5, 5.41) is 12.0. The quantitative estimate of drug-likeness (QED) is 0.791. The summed E-state index contributed by atoms with van der Waals surface area (Å²) in [5.74, 6) is -4.15. The number of ketones is 1. The molecule has 2 aromatic rings. The van der Waals surface area contributed by atoms with Gasteiger partial charge in [-0.15, -0.1) is 0 Å². The molecule has 0 bridgehead atoms. The minimum Gasteiger partial charge on any atom is -0.503 e. The summed E-state index contributed by atoms with van der Waals surface area (Å²) in [4.78, 5) is 26.9. The molecule has 160 valence electrons. The Kier molecular flexibility index (Phi) is 4.74. The molecular weight excluding hydrogens is 404 g/mol. The lowest BCUT2D eigenvalue weighted by Gasteiger charge is -2.50. The number of carbonyl (C=O) groups is 2. The molecule has 2 saturated heterocycles. The standard InChI is InChI=1S/C23H21F2N3O3/c24-15-9-4-8-14(19(15)25)18(13-6-2-1-3-7-13)20-16-10-5-11-27(16)23(31)21-22(30)17(29)12-26-28(20)21/h1-4,6-9,16,18,20,26,30H,5,10-12H2/t16-,18?,20-/m1/s1. The van der Waals surface area contributed by atoms with Crippen LogP contribution in [0.3, 0.4) is 0 Å². The van der Waals surface area contributed by atoms with Gasteiger partial charge in [-0.25, -0.2) is 14.2 Å². The zero-order chi connectivity index (χ0) is 21.7. The van der Waals surface area contributed by atoms with Crippen LogP contribution < -0.4 is 5.43 Å². The van der Waals surface area contributed by atoms with Crippen molar-refractivity contribution in [2.75, 3.05) is 13.1 Å². The van der Waals surface area contributed by atoms with Gasteiger partial charge >= 0.3 is 0 Å². The minimum atomic E-state index is -0.950. The Labute approximate surface area is 177 Å². The highest BCUT2D eigenvalue weighted by Crippen LogP contribution is 2.43. The second-order valence-corrected chi connectivity index (χ2v) is 8.06. The lowest BCUT2D eigenvalue weighted by Crippen LogP contribution is -2.66. The van der Waals surface area contributed by atoms with E-state index in [1.165, 1.54) is 11.1 Å². The highest BCUT2D eigenvalue weighted by Gasteiger charge is 2.52. The molecule has 5 rings (SSSR count). The van der Waals surface area contributed by atoms with E-state index in [2.05, 4.69) is 5.43 Å². The summed E-state index contributed by atoms with van der Waals surface area (Å²) in [6, 6.07) is 12.4. The van der Waals surface area contributed by atoms with E-state index in [1.807, 2.05) is 30.3 Å². The van der Waals surface area contributed by atoms with Crippen molar-refractivity contribution < 1.29 is 23.5 Å². The number of Topliss-reactive ketones (excluding diaryl/α,β-unsaturated/α-hetero) is 1. The number of halogens is 2. The third-order valence-corrected chi connectivity index (χ3v) is 6.41. The fourth-order valence-electron chi connectivity index (χ4n) is 5.09. The molecule has 0 spiro atoms. The van der Waals surface area contributed by atoms with Gasteiger partial charge < -0.3 is 10.0 Å². The zero-order valence-electron chi connectivity index (χ0n) is 16.6. The van der Waals surface area contributed by atoms with E-state index in [9.17, 15) is 19.1 Å². The predicted octanol–water partition coefficient (Wildman–Crippen LogP) is 2.63. The average molecular weight is 425 g/mol. The van der Waals surface area contributed by atoms with E-state index in [1.54, 1.807) is 11.0 Å². The Balaban J connectivity index is 1.74. The van der Waals surface area contributed by atoms with Crippen molar-refractivity contribution >= 4 is 11.7 Å². The van der Waals surface area contributed by atoms with Crippen LogP contribution in [0, 0.1) is 11.6 Å². The van der Waals surface area contributed by atoms with Crippen molar-refractivity contribution in [2.24, 2.45) is 0 Å². The lowest BCUT2D eigenvalue weighted by molar-refractivity contribution is -0.141. The zero-order valence-corrected chi connectivity index (χ0v) is 16.6. The van der Waals surface area contributed by atoms with Gasteiger partial charge in [0.05, 0.1) is 18.6 Å². The second-order valence-electron chi connectivity index (χ2n) is 8.06. The van der Waals surface area contributed by atoms with E-state index in [4.69, 9.17) is 0 Å². The van der Waals surface area contributed by atoms with Crippen molar-refractivity contribution in [3.05, 3.63) is 82.7 Å². The predicted molar refractivity (Wildman–Crippen MR) is 108 cm³/mol. The number of nitrogens with one attached hydrogen (secondary N) is 1. The molecule has 1 amide bonds. The first-order valence-electron chi connectivity index (χ1n) is 10.3. The number of aliphatic hydroxyl groups is 1. The first kappa shape index (κ1) is 19.7. The summed E-state index contributed by atoms with van der Waals surface area (Å²) < 4.78 is 29.3. The molecule has 1 unspecified atom stereocenters. The first-order valence-corrected chi connectivity index (χ1v) is 10.3. The summed E-state index contributed by atoms with van der Waals surface area (Å²) >= 11 is 0. The van der Waals surface area contributed by atoms with Crippen LogP contribution in [-0.4, -0.2) is 51.9 Å². The maximum Gasteiger partial charge on any atom is 0.275 e. The van der Waals surface area contributed by atoms with E-state index >= 15 is 4.39 Å². The van der Waals surface area contributed by atoms with Crippen LogP contribution in [0.1, 0.15) is 29.9 Å². The average Bonchev–Trinajstić information content (AvgIpc) is 3.26. The van der Waals surface area contributed by atoms with Gasteiger partial charge in [-0.3, -0.25) is 14.6 Å². The molecule has 3 aliphatic heterocycles. The normalized spacial score (nSPS) is 24.3. The fourth-order valence-corrected chi connectivity index (χ4v) is 5.09. The summed E-state index contributed by atoms with van der Waals surface area (Å²) in [6.07, 6.45) is 1.42. The van der Waals surface area contributed by atoms with Crippen LogP contribution in [0.25, 0.3) is 0 Å². The van der Waals surface area contributed by atoms with Crippen LogP contribution in [0.15, 0.2) is 60.0 Å². The van der Waals surface area contributed by atoms with Crippen molar-refractivity contribution in [2.45, 2.75) is 30.8 Å².